The predicted molar refractivity (Wildman–Crippen MR) is 137 cm³/mol. The smallest absolute Gasteiger partial charge is 0.401 e. The molecule has 0 aliphatic carbocycles. The van der Waals surface area contributed by atoms with E-state index in [1.54, 1.807) is 41.7 Å². The Hall–Kier alpha value is -4.74. The molecule has 0 saturated carbocycles. The first-order chi connectivity index (χ1) is 17.0. The number of thiophene rings is 1. The Balaban J connectivity index is 1.62. The molecule has 0 N–H and O–H groups in total. The van der Waals surface area contributed by atoms with Crippen LogP contribution < -0.4 is 5.56 Å². The summed E-state index contributed by atoms with van der Waals surface area (Å²) < 4.78 is 6.74. The van der Waals surface area contributed by atoms with Crippen molar-refractivity contribution in [3.05, 3.63) is 120 Å². The molecule has 0 fully saturated rings. The van der Waals surface area contributed by atoms with Crippen LogP contribution in [0.2, 0.25) is 0 Å². The van der Waals surface area contributed by atoms with E-state index in [9.17, 15) is 14.9 Å². The molecular weight excluding hydrogens is 462 g/mol. The Morgan fingerprint density at radius 3 is 2.66 bits per heavy atom. The minimum Gasteiger partial charge on any atom is -0.401 e. The number of aryl methyl sites for hydroxylation is 1. The summed E-state index contributed by atoms with van der Waals surface area (Å²) in [5.74, 6) is 6.59. The second kappa shape index (κ2) is 9.25. The molecule has 0 unspecified atom stereocenters. The zero-order chi connectivity index (χ0) is 24.4. The molecule has 8 heteroatoms. The summed E-state index contributed by atoms with van der Waals surface area (Å²) >= 11 is 1.58. The molecule has 0 aliphatic rings. The third kappa shape index (κ3) is 4.53. The average Bonchev–Trinajstić information content (AvgIpc) is 3.55. The van der Waals surface area contributed by atoms with Gasteiger partial charge in [-0.2, -0.15) is 0 Å². The fourth-order valence-electron chi connectivity index (χ4n) is 3.65. The van der Waals surface area contributed by atoms with Crippen LogP contribution in [0.25, 0.3) is 28.7 Å². The fourth-order valence-corrected chi connectivity index (χ4v) is 4.22. The Kier molecular flexibility index (Phi) is 5.83. The maximum Gasteiger partial charge on any atom is 0.433 e. The first-order valence-corrected chi connectivity index (χ1v) is 11.5. The van der Waals surface area contributed by atoms with Crippen LogP contribution in [-0.4, -0.2) is 14.5 Å². The molecule has 0 aliphatic heterocycles. The van der Waals surface area contributed by atoms with Crippen LogP contribution in [0.4, 0.5) is 5.88 Å². The van der Waals surface area contributed by atoms with Crippen LogP contribution in [0.1, 0.15) is 27.6 Å². The van der Waals surface area contributed by atoms with E-state index in [-0.39, 0.29) is 17.2 Å². The first kappa shape index (κ1) is 22.1. The van der Waals surface area contributed by atoms with Crippen LogP contribution >= 0.6 is 11.3 Å². The van der Waals surface area contributed by atoms with E-state index in [2.05, 4.69) is 16.8 Å². The normalized spacial score (nSPS) is 11.0. The van der Waals surface area contributed by atoms with Crippen molar-refractivity contribution < 1.29 is 9.34 Å². The Labute approximate surface area is 203 Å². The molecule has 5 aromatic rings. The van der Waals surface area contributed by atoms with Crippen LogP contribution in [-0.2, 0) is 0 Å². The minimum absolute atomic E-state index is 0.221. The average molecular weight is 480 g/mol. The molecule has 3 heterocycles. The summed E-state index contributed by atoms with van der Waals surface area (Å²) in [5.41, 5.74) is 2.68. The Bertz CT molecular complexity index is 1720. The first-order valence-electron chi connectivity index (χ1n) is 10.6. The maximum absolute atomic E-state index is 13.5. The van der Waals surface area contributed by atoms with Crippen molar-refractivity contribution >= 4 is 40.3 Å². The summed E-state index contributed by atoms with van der Waals surface area (Å²) in [6.07, 6.45) is 3.16. The van der Waals surface area contributed by atoms with Crippen molar-refractivity contribution in [2.75, 3.05) is 0 Å². The monoisotopic (exact) mass is 479 g/mol. The summed E-state index contributed by atoms with van der Waals surface area (Å²) in [5, 5.41) is 13.4. The lowest BCUT2D eigenvalue weighted by Crippen LogP contribution is -2.23. The van der Waals surface area contributed by atoms with E-state index in [0.717, 1.165) is 16.0 Å². The number of para-hydroxylation sites is 1. The van der Waals surface area contributed by atoms with Crippen molar-refractivity contribution in [3.63, 3.8) is 0 Å². The van der Waals surface area contributed by atoms with Gasteiger partial charge in [0.15, 0.2) is 0 Å². The number of furan rings is 1. The maximum atomic E-state index is 13.5. The molecule has 0 saturated heterocycles. The second-order valence-corrected chi connectivity index (χ2v) is 8.57. The highest BCUT2D eigenvalue weighted by Gasteiger charge is 2.14. The highest BCUT2D eigenvalue weighted by Crippen LogP contribution is 2.21. The minimum atomic E-state index is -0.603. The molecule has 0 radical (unpaired) electrons. The van der Waals surface area contributed by atoms with Crippen LogP contribution in [0, 0.1) is 28.9 Å². The van der Waals surface area contributed by atoms with Gasteiger partial charge in [-0.25, -0.2) is 4.98 Å². The van der Waals surface area contributed by atoms with Crippen molar-refractivity contribution in [2.24, 2.45) is 0 Å². The molecular formula is C27H17N3O4S. The van der Waals surface area contributed by atoms with Gasteiger partial charge in [-0.1, -0.05) is 30.0 Å². The number of nitro groups is 1. The molecule has 0 spiro atoms. The van der Waals surface area contributed by atoms with E-state index in [4.69, 9.17) is 4.42 Å². The molecule has 7 nitrogen and oxygen atoms in total. The summed E-state index contributed by atoms with van der Waals surface area (Å²) in [6.45, 7) is 1.91. The van der Waals surface area contributed by atoms with Crippen molar-refractivity contribution in [2.45, 2.75) is 6.92 Å². The topological polar surface area (TPSA) is 91.2 Å². The largest absolute Gasteiger partial charge is 0.433 e. The van der Waals surface area contributed by atoms with Crippen molar-refractivity contribution in [3.8, 4) is 17.5 Å². The molecule has 35 heavy (non-hydrogen) atoms. The van der Waals surface area contributed by atoms with Gasteiger partial charge in [0.2, 0.25) is 0 Å². The van der Waals surface area contributed by atoms with E-state index in [1.165, 1.54) is 16.7 Å². The Morgan fingerprint density at radius 1 is 1.06 bits per heavy atom. The van der Waals surface area contributed by atoms with Crippen LogP contribution in [0.15, 0.2) is 81.3 Å². The van der Waals surface area contributed by atoms with Crippen molar-refractivity contribution in [1.29, 1.82) is 0 Å². The summed E-state index contributed by atoms with van der Waals surface area (Å²) in [7, 11) is 0. The van der Waals surface area contributed by atoms with Gasteiger partial charge in [-0.3, -0.25) is 19.5 Å². The number of aromatic nitrogens is 2. The number of fused-ring (bicyclic) bond motifs is 1. The van der Waals surface area contributed by atoms with Gasteiger partial charge >= 0.3 is 5.88 Å². The number of hydrogen-bond donors (Lipinski definition) is 0. The van der Waals surface area contributed by atoms with Crippen LogP contribution in [0.5, 0.6) is 0 Å². The van der Waals surface area contributed by atoms with Gasteiger partial charge in [-0.05, 0) is 72.5 Å². The molecule has 2 aromatic carbocycles. The Morgan fingerprint density at radius 2 is 1.91 bits per heavy atom. The van der Waals surface area contributed by atoms with Crippen LogP contribution in [0.3, 0.4) is 0 Å². The third-order valence-corrected chi connectivity index (χ3v) is 6.07. The molecule has 3 aromatic heterocycles. The molecule has 0 amide bonds. The SMILES string of the molecule is Cc1cc(C#Cc2cccs2)ccc1-n1c(/C=C/c2ccc([N+](=O)[O-])o2)nc2ccccc2c1=O. The van der Waals surface area contributed by atoms with Crippen molar-refractivity contribution in [1.82, 2.24) is 9.55 Å². The number of hydrogen-bond acceptors (Lipinski definition) is 6. The standard InChI is InChI=1S/C27H17N3O4S/c1-18-17-19(8-12-21-5-4-16-35-21)9-13-24(18)29-25(14-10-20-11-15-26(34-20)30(32)33)28-23-7-3-2-6-22(23)27(29)31/h2-7,9-11,13-17H,1H3/b14-10+. The molecule has 0 atom stereocenters. The molecule has 5 rings (SSSR count). The lowest BCUT2D eigenvalue weighted by atomic mass is 10.1. The van der Waals surface area contributed by atoms with Gasteiger partial charge in [0.1, 0.15) is 16.5 Å². The molecule has 170 valence electrons. The van der Waals surface area contributed by atoms with E-state index < -0.39 is 4.92 Å². The highest BCUT2D eigenvalue weighted by atomic mass is 32.1. The van der Waals surface area contributed by atoms with E-state index in [0.29, 0.717) is 22.4 Å². The third-order valence-electron chi connectivity index (χ3n) is 5.28. The predicted octanol–water partition coefficient (Wildman–Crippen LogP) is 5.83. The molecule has 0 bridgehead atoms. The highest BCUT2D eigenvalue weighted by molar-refractivity contribution is 7.10. The van der Waals surface area contributed by atoms with Gasteiger partial charge in [0, 0.05) is 5.56 Å². The summed E-state index contributed by atoms with van der Waals surface area (Å²) in [4.78, 5) is 29.5. The fraction of sp³-hybridized carbons (Fsp3) is 0.0370. The van der Waals surface area contributed by atoms with Gasteiger partial charge in [-0.15, -0.1) is 11.3 Å². The number of rotatable bonds is 4. The lowest BCUT2D eigenvalue weighted by Gasteiger charge is -2.14. The van der Waals surface area contributed by atoms with Gasteiger partial charge in [0.25, 0.3) is 5.56 Å². The van der Waals surface area contributed by atoms with Gasteiger partial charge < -0.3 is 4.42 Å². The number of nitrogens with zero attached hydrogens (tertiary/aromatic N) is 3. The quantitative estimate of drug-likeness (QED) is 0.184. The van der Waals surface area contributed by atoms with E-state index >= 15 is 0 Å². The summed E-state index contributed by atoms with van der Waals surface area (Å²) in [6, 6.07) is 19.5. The second-order valence-electron chi connectivity index (χ2n) is 7.62. The lowest BCUT2D eigenvalue weighted by molar-refractivity contribution is -0.402. The number of benzene rings is 2. The van der Waals surface area contributed by atoms with Gasteiger partial charge in [0.05, 0.1) is 27.5 Å². The zero-order valence-electron chi connectivity index (χ0n) is 18.5. The zero-order valence-corrected chi connectivity index (χ0v) is 19.3. The van der Waals surface area contributed by atoms with E-state index in [1.807, 2.05) is 48.7 Å².